The standard InChI is InChI=1S/C22H26N2O4S/c1-2-14-8-9-16-17(12-14)29-22(24-18(25)10-11-19(26)27)20(16)21(28)23-13-15-6-4-3-5-7-15/h3-7,14H,2,8-13H2,1H3,(H,23,28)(H,24,25)(H,26,27). The third-order valence-corrected chi connectivity index (χ3v) is 6.46. The maximum Gasteiger partial charge on any atom is 0.303 e. The van der Waals surface area contributed by atoms with Gasteiger partial charge in [0.25, 0.3) is 5.91 Å². The lowest BCUT2D eigenvalue weighted by atomic mass is 9.85. The molecule has 0 saturated heterocycles. The second kappa shape index (κ2) is 9.69. The fourth-order valence-electron chi connectivity index (χ4n) is 3.61. The third-order valence-electron chi connectivity index (χ3n) is 5.29. The number of aliphatic carboxylic acids is 1. The predicted molar refractivity (Wildman–Crippen MR) is 113 cm³/mol. The second-order valence-electron chi connectivity index (χ2n) is 7.34. The van der Waals surface area contributed by atoms with E-state index < -0.39 is 5.97 Å². The van der Waals surface area contributed by atoms with Crippen LogP contribution < -0.4 is 10.6 Å². The fourth-order valence-corrected chi connectivity index (χ4v) is 4.98. The van der Waals surface area contributed by atoms with Crippen LogP contribution in [0.2, 0.25) is 0 Å². The number of benzene rings is 1. The number of carbonyl (C=O) groups excluding carboxylic acids is 2. The van der Waals surface area contributed by atoms with Crippen LogP contribution >= 0.6 is 11.3 Å². The lowest BCUT2D eigenvalue weighted by Gasteiger charge is -2.21. The van der Waals surface area contributed by atoms with E-state index in [-0.39, 0.29) is 24.7 Å². The summed E-state index contributed by atoms with van der Waals surface area (Å²) < 4.78 is 0. The number of anilines is 1. The van der Waals surface area contributed by atoms with Gasteiger partial charge in [0.2, 0.25) is 5.91 Å². The molecule has 3 N–H and O–H groups in total. The van der Waals surface area contributed by atoms with Gasteiger partial charge in [-0.05, 0) is 36.3 Å². The Kier molecular flexibility index (Phi) is 7.04. The molecule has 2 amide bonds. The summed E-state index contributed by atoms with van der Waals surface area (Å²) in [6.07, 6.45) is 3.52. The molecular formula is C22H26N2O4S. The highest BCUT2D eigenvalue weighted by Crippen LogP contribution is 2.40. The number of thiophene rings is 1. The first-order chi connectivity index (χ1) is 14.0. The van der Waals surface area contributed by atoms with Crippen molar-refractivity contribution in [1.29, 1.82) is 0 Å². The Morgan fingerprint density at radius 3 is 2.62 bits per heavy atom. The largest absolute Gasteiger partial charge is 0.481 e. The van der Waals surface area contributed by atoms with Crippen LogP contribution in [-0.4, -0.2) is 22.9 Å². The predicted octanol–water partition coefficient (Wildman–Crippen LogP) is 4.00. The van der Waals surface area contributed by atoms with Gasteiger partial charge in [-0.25, -0.2) is 0 Å². The Labute approximate surface area is 174 Å². The van der Waals surface area contributed by atoms with Gasteiger partial charge >= 0.3 is 5.97 Å². The number of hydrogen-bond acceptors (Lipinski definition) is 4. The molecule has 1 aliphatic rings. The number of fused-ring (bicyclic) bond motifs is 1. The van der Waals surface area contributed by atoms with Gasteiger partial charge in [0.1, 0.15) is 5.00 Å². The summed E-state index contributed by atoms with van der Waals surface area (Å²) in [6, 6.07) is 9.67. The molecule has 1 aromatic carbocycles. The number of nitrogens with one attached hydrogen (secondary N) is 2. The Balaban J connectivity index is 1.80. The van der Waals surface area contributed by atoms with Crippen molar-refractivity contribution in [2.45, 2.75) is 52.0 Å². The monoisotopic (exact) mass is 414 g/mol. The molecule has 7 heteroatoms. The summed E-state index contributed by atoms with van der Waals surface area (Å²) in [7, 11) is 0. The number of carbonyl (C=O) groups is 3. The van der Waals surface area contributed by atoms with Crippen molar-refractivity contribution < 1.29 is 19.5 Å². The van der Waals surface area contributed by atoms with E-state index in [2.05, 4.69) is 17.6 Å². The summed E-state index contributed by atoms with van der Waals surface area (Å²) >= 11 is 1.45. The van der Waals surface area contributed by atoms with Gasteiger partial charge in [-0.2, -0.15) is 0 Å². The van der Waals surface area contributed by atoms with Gasteiger partial charge in [0.05, 0.1) is 12.0 Å². The topological polar surface area (TPSA) is 95.5 Å². The first kappa shape index (κ1) is 21.0. The Morgan fingerprint density at radius 1 is 1.17 bits per heavy atom. The Bertz CT molecular complexity index is 892. The highest BCUT2D eigenvalue weighted by Gasteiger charge is 2.29. The molecule has 0 radical (unpaired) electrons. The molecule has 0 saturated carbocycles. The highest BCUT2D eigenvalue weighted by molar-refractivity contribution is 7.17. The average molecular weight is 415 g/mol. The molecule has 29 heavy (non-hydrogen) atoms. The number of carboxylic acids is 1. The van der Waals surface area contributed by atoms with E-state index in [0.717, 1.165) is 41.7 Å². The number of amides is 2. The number of carboxylic acid groups (broad SMARTS) is 1. The Hall–Kier alpha value is -2.67. The molecular weight excluding hydrogens is 388 g/mol. The van der Waals surface area contributed by atoms with Crippen LogP contribution in [0.3, 0.4) is 0 Å². The van der Waals surface area contributed by atoms with E-state index in [1.54, 1.807) is 0 Å². The molecule has 0 spiro atoms. The van der Waals surface area contributed by atoms with Gasteiger partial charge < -0.3 is 15.7 Å². The van der Waals surface area contributed by atoms with Crippen LogP contribution in [0.25, 0.3) is 0 Å². The molecule has 1 aromatic heterocycles. The lowest BCUT2D eigenvalue weighted by molar-refractivity contribution is -0.138. The van der Waals surface area contributed by atoms with Crippen LogP contribution in [0.4, 0.5) is 5.00 Å². The van der Waals surface area contributed by atoms with Crippen molar-refractivity contribution in [2.24, 2.45) is 5.92 Å². The van der Waals surface area contributed by atoms with Gasteiger partial charge in [-0.3, -0.25) is 14.4 Å². The van der Waals surface area contributed by atoms with E-state index in [1.165, 1.54) is 11.3 Å². The van der Waals surface area contributed by atoms with Gasteiger partial charge in [0.15, 0.2) is 0 Å². The molecule has 2 aromatic rings. The first-order valence-corrected chi connectivity index (χ1v) is 10.8. The molecule has 0 fully saturated rings. The van der Waals surface area contributed by atoms with Crippen LogP contribution in [-0.2, 0) is 29.0 Å². The van der Waals surface area contributed by atoms with Crippen molar-refractivity contribution >= 4 is 34.1 Å². The molecule has 0 bridgehead atoms. The maximum absolute atomic E-state index is 13.0. The minimum Gasteiger partial charge on any atom is -0.481 e. The third kappa shape index (κ3) is 5.44. The number of rotatable bonds is 8. The van der Waals surface area contributed by atoms with Crippen molar-refractivity contribution in [3.05, 3.63) is 51.9 Å². The minimum atomic E-state index is -1.02. The zero-order valence-electron chi connectivity index (χ0n) is 16.5. The van der Waals surface area contributed by atoms with E-state index in [4.69, 9.17) is 5.11 Å². The Morgan fingerprint density at radius 2 is 1.93 bits per heavy atom. The fraction of sp³-hybridized carbons (Fsp3) is 0.409. The lowest BCUT2D eigenvalue weighted by Crippen LogP contribution is -2.26. The summed E-state index contributed by atoms with van der Waals surface area (Å²) in [5, 5.41) is 15.1. The van der Waals surface area contributed by atoms with Gasteiger partial charge in [-0.15, -0.1) is 11.3 Å². The first-order valence-electron chi connectivity index (χ1n) is 9.96. The van der Waals surface area contributed by atoms with E-state index in [1.807, 2.05) is 30.3 Å². The molecule has 1 aliphatic carbocycles. The average Bonchev–Trinajstić information content (AvgIpc) is 3.08. The summed E-state index contributed by atoms with van der Waals surface area (Å²) in [5.41, 5.74) is 2.57. The SMILES string of the molecule is CCC1CCc2c(sc(NC(=O)CCC(=O)O)c2C(=O)NCc2ccccc2)C1. The quantitative estimate of drug-likeness (QED) is 0.608. The van der Waals surface area contributed by atoms with Crippen molar-refractivity contribution in [2.75, 3.05) is 5.32 Å². The maximum atomic E-state index is 13.0. The zero-order valence-corrected chi connectivity index (χ0v) is 17.3. The molecule has 1 unspecified atom stereocenters. The molecule has 154 valence electrons. The van der Waals surface area contributed by atoms with Crippen LogP contribution in [0.15, 0.2) is 30.3 Å². The van der Waals surface area contributed by atoms with Crippen molar-refractivity contribution in [1.82, 2.24) is 5.32 Å². The molecule has 1 heterocycles. The van der Waals surface area contributed by atoms with Crippen molar-refractivity contribution in [3.63, 3.8) is 0 Å². The van der Waals surface area contributed by atoms with E-state index >= 15 is 0 Å². The van der Waals surface area contributed by atoms with E-state index in [0.29, 0.717) is 23.0 Å². The van der Waals surface area contributed by atoms with Crippen molar-refractivity contribution in [3.8, 4) is 0 Å². The highest BCUT2D eigenvalue weighted by atomic mass is 32.1. The molecule has 0 aliphatic heterocycles. The minimum absolute atomic E-state index is 0.111. The molecule has 3 rings (SSSR count). The van der Waals surface area contributed by atoms with E-state index in [9.17, 15) is 14.4 Å². The summed E-state index contributed by atoms with van der Waals surface area (Å²) in [6.45, 7) is 2.58. The molecule has 1 atom stereocenters. The van der Waals surface area contributed by atoms with Gasteiger partial charge in [0, 0.05) is 17.8 Å². The van der Waals surface area contributed by atoms with Crippen LogP contribution in [0, 0.1) is 5.92 Å². The normalized spacial score (nSPS) is 15.4. The zero-order chi connectivity index (χ0) is 20.8. The smallest absolute Gasteiger partial charge is 0.303 e. The van der Waals surface area contributed by atoms with Crippen LogP contribution in [0.5, 0.6) is 0 Å². The summed E-state index contributed by atoms with van der Waals surface area (Å²) in [4.78, 5) is 37.1. The number of hydrogen-bond donors (Lipinski definition) is 3. The summed E-state index contributed by atoms with van der Waals surface area (Å²) in [5.74, 6) is -1.00. The van der Waals surface area contributed by atoms with Gasteiger partial charge in [-0.1, -0.05) is 43.7 Å². The van der Waals surface area contributed by atoms with Crippen LogP contribution in [0.1, 0.15) is 59.0 Å². The molecule has 6 nitrogen and oxygen atoms in total. The second-order valence-corrected chi connectivity index (χ2v) is 8.44.